The molecular weight excluding hydrogens is 206 g/mol. The Hall–Kier alpha value is -1.93. The van der Waals surface area contributed by atoms with Gasteiger partial charge >= 0.3 is 0 Å². The Morgan fingerprint density at radius 2 is 2.38 bits per heavy atom. The van der Waals surface area contributed by atoms with Gasteiger partial charge in [0.05, 0.1) is 17.0 Å². The van der Waals surface area contributed by atoms with Crippen LogP contribution in [0.1, 0.15) is 18.9 Å². The van der Waals surface area contributed by atoms with Gasteiger partial charge in [0.25, 0.3) is 5.69 Å². The second kappa shape index (κ2) is 5.83. The standard InChI is InChI=1S/C11H13N3O2/c1-2-10(7-12)13-8-9-4-3-5-11(6-9)14(15)16/h3-6,10,13H,2,8H2,1H3. The minimum Gasteiger partial charge on any atom is -0.298 e. The first-order chi connectivity index (χ1) is 7.67. The molecule has 0 heterocycles. The lowest BCUT2D eigenvalue weighted by atomic mass is 10.2. The summed E-state index contributed by atoms with van der Waals surface area (Å²) in [5.74, 6) is 0. The molecule has 0 saturated heterocycles. The quantitative estimate of drug-likeness (QED) is 0.606. The van der Waals surface area contributed by atoms with E-state index in [1.807, 2.05) is 6.92 Å². The number of benzene rings is 1. The summed E-state index contributed by atoms with van der Waals surface area (Å²) in [6, 6.07) is 8.30. The molecule has 0 fully saturated rings. The number of hydrogen-bond acceptors (Lipinski definition) is 4. The van der Waals surface area contributed by atoms with Crippen molar-refractivity contribution in [1.29, 1.82) is 5.26 Å². The van der Waals surface area contributed by atoms with Crippen LogP contribution < -0.4 is 5.32 Å². The van der Waals surface area contributed by atoms with Crippen LogP contribution in [0.3, 0.4) is 0 Å². The van der Waals surface area contributed by atoms with Gasteiger partial charge in [0.1, 0.15) is 0 Å². The molecule has 0 amide bonds. The molecule has 1 rings (SSSR count). The van der Waals surface area contributed by atoms with Crippen molar-refractivity contribution in [1.82, 2.24) is 5.32 Å². The molecular formula is C11H13N3O2. The van der Waals surface area contributed by atoms with Crippen molar-refractivity contribution < 1.29 is 4.92 Å². The number of rotatable bonds is 5. The van der Waals surface area contributed by atoms with Gasteiger partial charge < -0.3 is 0 Å². The van der Waals surface area contributed by atoms with Crippen LogP contribution in [0.5, 0.6) is 0 Å². The smallest absolute Gasteiger partial charge is 0.269 e. The lowest BCUT2D eigenvalue weighted by molar-refractivity contribution is -0.384. The topological polar surface area (TPSA) is 79.0 Å². The molecule has 0 radical (unpaired) electrons. The predicted octanol–water partition coefficient (Wildman–Crippen LogP) is 1.99. The third-order valence-corrected chi connectivity index (χ3v) is 2.24. The average molecular weight is 219 g/mol. The lowest BCUT2D eigenvalue weighted by Crippen LogP contribution is -2.26. The Morgan fingerprint density at radius 1 is 1.62 bits per heavy atom. The fourth-order valence-corrected chi connectivity index (χ4v) is 1.30. The molecule has 0 bridgehead atoms. The van der Waals surface area contributed by atoms with Crippen LogP contribution in [0.15, 0.2) is 24.3 Å². The highest BCUT2D eigenvalue weighted by Crippen LogP contribution is 2.12. The van der Waals surface area contributed by atoms with E-state index in [4.69, 9.17) is 5.26 Å². The van der Waals surface area contributed by atoms with Gasteiger partial charge in [-0.1, -0.05) is 19.1 Å². The molecule has 5 heteroatoms. The summed E-state index contributed by atoms with van der Waals surface area (Å²) in [5, 5.41) is 22.3. The summed E-state index contributed by atoms with van der Waals surface area (Å²) >= 11 is 0. The number of nitrogens with one attached hydrogen (secondary N) is 1. The van der Waals surface area contributed by atoms with E-state index in [1.54, 1.807) is 12.1 Å². The van der Waals surface area contributed by atoms with Crippen LogP contribution in [-0.2, 0) is 6.54 Å². The fourth-order valence-electron chi connectivity index (χ4n) is 1.30. The number of nitro benzene ring substituents is 1. The molecule has 1 atom stereocenters. The molecule has 0 aliphatic rings. The van der Waals surface area contributed by atoms with Gasteiger partial charge in [0, 0.05) is 18.7 Å². The summed E-state index contributed by atoms with van der Waals surface area (Å²) in [6.07, 6.45) is 0.714. The molecule has 16 heavy (non-hydrogen) atoms. The van der Waals surface area contributed by atoms with Crippen molar-refractivity contribution in [2.45, 2.75) is 25.9 Å². The van der Waals surface area contributed by atoms with Crippen molar-refractivity contribution in [2.24, 2.45) is 0 Å². The summed E-state index contributed by atoms with van der Waals surface area (Å²) < 4.78 is 0. The molecule has 0 aromatic heterocycles. The van der Waals surface area contributed by atoms with Crippen molar-refractivity contribution in [2.75, 3.05) is 0 Å². The Balaban J connectivity index is 2.64. The minimum absolute atomic E-state index is 0.0734. The first-order valence-electron chi connectivity index (χ1n) is 5.03. The van der Waals surface area contributed by atoms with Crippen LogP contribution in [0.2, 0.25) is 0 Å². The van der Waals surface area contributed by atoms with Gasteiger partial charge in [-0.25, -0.2) is 0 Å². The second-order valence-corrected chi connectivity index (χ2v) is 3.40. The summed E-state index contributed by atoms with van der Waals surface area (Å²) in [7, 11) is 0. The molecule has 1 aromatic rings. The third-order valence-electron chi connectivity index (χ3n) is 2.24. The Labute approximate surface area is 93.9 Å². The largest absolute Gasteiger partial charge is 0.298 e. The van der Waals surface area contributed by atoms with Crippen molar-refractivity contribution in [3.8, 4) is 6.07 Å². The highest BCUT2D eigenvalue weighted by Gasteiger charge is 2.07. The summed E-state index contributed by atoms with van der Waals surface area (Å²) in [6.45, 7) is 2.38. The zero-order valence-corrected chi connectivity index (χ0v) is 9.01. The maximum atomic E-state index is 10.5. The summed E-state index contributed by atoms with van der Waals surface area (Å²) in [5.41, 5.74) is 0.882. The first kappa shape index (κ1) is 12.1. The maximum absolute atomic E-state index is 10.5. The van der Waals surface area contributed by atoms with Gasteiger partial charge in [0.15, 0.2) is 0 Å². The van der Waals surface area contributed by atoms with Crippen LogP contribution in [0.4, 0.5) is 5.69 Å². The number of non-ortho nitro benzene ring substituents is 1. The molecule has 0 saturated carbocycles. The van der Waals surface area contributed by atoms with Crippen LogP contribution in [0.25, 0.3) is 0 Å². The van der Waals surface area contributed by atoms with Gasteiger partial charge in [0.2, 0.25) is 0 Å². The first-order valence-corrected chi connectivity index (χ1v) is 5.03. The molecule has 5 nitrogen and oxygen atoms in total. The van der Waals surface area contributed by atoms with Gasteiger partial charge in [-0.2, -0.15) is 5.26 Å². The van der Waals surface area contributed by atoms with E-state index in [0.717, 1.165) is 5.56 Å². The molecule has 0 spiro atoms. The Kier molecular flexibility index (Phi) is 4.42. The highest BCUT2D eigenvalue weighted by atomic mass is 16.6. The number of nitrogens with zero attached hydrogens (tertiary/aromatic N) is 2. The van der Waals surface area contributed by atoms with E-state index >= 15 is 0 Å². The normalized spacial score (nSPS) is 11.8. The van der Waals surface area contributed by atoms with E-state index in [2.05, 4.69) is 11.4 Å². The zero-order valence-electron chi connectivity index (χ0n) is 9.01. The summed E-state index contributed by atoms with van der Waals surface area (Å²) in [4.78, 5) is 10.1. The predicted molar refractivity (Wildman–Crippen MR) is 59.6 cm³/mol. The van der Waals surface area contributed by atoms with Crippen molar-refractivity contribution in [3.05, 3.63) is 39.9 Å². The van der Waals surface area contributed by atoms with Crippen LogP contribution in [0, 0.1) is 21.4 Å². The average Bonchev–Trinajstić information content (AvgIpc) is 2.31. The number of hydrogen-bond donors (Lipinski definition) is 1. The zero-order chi connectivity index (χ0) is 12.0. The van der Waals surface area contributed by atoms with Crippen molar-refractivity contribution in [3.63, 3.8) is 0 Å². The minimum atomic E-state index is -0.425. The molecule has 1 unspecified atom stereocenters. The second-order valence-electron chi connectivity index (χ2n) is 3.40. The maximum Gasteiger partial charge on any atom is 0.269 e. The Bertz CT molecular complexity index is 412. The van der Waals surface area contributed by atoms with Gasteiger partial charge in [-0.05, 0) is 12.0 Å². The molecule has 84 valence electrons. The molecule has 0 aliphatic heterocycles. The Morgan fingerprint density at radius 3 is 2.94 bits per heavy atom. The highest BCUT2D eigenvalue weighted by molar-refractivity contribution is 5.34. The van der Waals surface area contributed by atoms with E-state index in [-0.39, 0.29) is 11.7 Å². The molecule has 0 aliphatic carbocycles. The fraction of sp³-hybridized carbons (Fsp3) is 0.364. The number of nitro groups is 1. The van der Waals surface area contributed by atoms with Crippen LogP contribution in [-0.4, -0.2) is 11.0 Å². The van der Waals surface area contributed by atoms with Gasteiger partial charge in [-0.3, -0.25) is 15.4 Å². The van der Waals surface area contributed by atoms with E-state index in [1.165, 1.54) is 12.1 Å². The molecule has 1 aromatic carbocycles. The monoisotopic (exact) mass is 219 g/mol. The van der Waals surface area contributed by atoms with E-state index in [9.17, 15) is 10.1 Å². The van der Waals surface area contributed by atoms with Crippen LogP contribution >= 0.6 is 0 Å². The lowest BCUT2D eigenvalue weighted by Gasteiger charge is -2.08. The molecule has 1 N–H and O–H groups in total. The van der Waals surface area contributed by atoms with E-state index < -0.39 is 4.92 Å². The van der Waals surface area contributed by atoms with E-state index in [0.29, 0.717) is 13.0 Å². The van der Waals surface area contributed by atoms with Crippen molar-refractivity contribution >= 4 is 5.69 Å². The van der Waals surface area contributed by atoms with Gasteiger partial charge in [-0.15, -0.1) is 0 Å². The SMILES string of the molecule is CCC(C#N)NCc1cccc([N+](=O)[O-])c1. The number of nitriles is 1. The third kappa shape index (κ3) is 3.33.